The molecule has 1 nitrogen and oxygen atoms in total. The Morgan fingerprint density at radius 3 is 2.18 bits per heavy atom. The molecule has 17 heavy (non-hydrogen) atoms. The molecule has 102 valence electrons. The summed E-state index contributed by atoms with van der Waals surface area (Å²) in [5.74, 6) is 3.71. The van der Waals surface area contributed by atoms with Gasteiger partial charge in [-0.15, -0.1) is 0 Å². The van der Waals surface area contributed by atoms with Crippen LogP contribution in [0.2, 0.25) is 0 Å². The maximum absolute atomic E-state index is 10.3. The number of hydrogen-bond donors (Lipinski definition) is 1. The van der Waals surface area contributed by atoms with Gasteiger partial charge in [0.1, 0.15) is 0 Å². The summed E-state index contributed by atoms with van der Waals surface area (Å²) in [6.07, 6.45) is 5.92. The lowest BCUT2D eigenvalue weighted by molar-refractivity contribution is 0.0452. The van der Waals surface area contributed by atoms with Gasteiger partial charge >= 0.3 is 0 Å². The zero-order valence-electron chi connectivity index (χ0n) is 12.4. The minimum Gasteiger partial charge on any atom is -0.393 e. The van der Waals surface area contributed by atoms with E-state index in [2.05, 4.69) is 34.6 Å². The van der Waals surface area contributed by atoms with Crippen molar-refractivity contribution >= 4 is 0 Å². The first-order valence-electron chi connectivity index (χ1n) is 7.59. The summed E-state index contributed by atoms with van der Waals surface area (Å²) in [5, 5.41) is 10.3. The molecule has 0 heterocycles. The predicted molar refractivity (Wildman–Crippen MR) is 74.9 cm³/mol. The highest BCUT2D eigenvalue weighted by Crippen LogP contribution is 2.36. The highest BCUT2D eigenvalue weighted by molar-refractivity contribution is 4.80. The summed E-state index contributed by atoms with van der Waals surface area (Å²) in [5.41, 5.74) is 0. The van der Waals surface area contributed by atoms with Crippen molar-refractivity contribution in [3.8, 4) is 0 Å². The summed E-state index contributed by atoms with van der Waals surface area (Å²) in [6, 6.07) is 0. The molecule has 1 fully saturated rings. The van der Waals surface area contributed by atoms with E-state index >= 15 is 0 Å². The summed E-state index contributed by atoms with van der Waals surface area (Å²) in [4.78, 5) is 0. The van der Waals surface area contributed by atoms with Crippen molar-refractivity contribution in [2.45, 2.75) is 72.8 Å². The molecule has 1 heteroatoms. The molecule has 0 aromatic heterocycles. The third kappa shape index (κ3) is 4.62. The Morgan fingerprint density at radius 1 is 1.00 bits per heavy atom. The molecule has 0 radical (unpaired) electrons. The molecule has 5 unspecified atom stereocenters. The van der Waals surface area contributed by atoms with Gasteiger partial charge in [-0.1, -0.05) is 41.0 Å². The fraction of sp³-hybridized carbons (Fsp3) is 1.00. The summed E-state index contributed by atoms with van der Waals surface area (Å²) in [7, 11) is 0. The van der Waals surface area contributed by atoms with Gasteiger partial charge in [-0.2, -0.15) is 0 Å². The number of aliphatic hydroxyl groups excluding tert-OH is 1. The van der Waals surface area contributed by atoms with Crippen LogP contribution in [-0.4, -0.2) is 11.2 Å². The normalized spacial score (nSPS) is 33.7. The number of aliphatic hydroxyl groups is 1. The van der Waals surface area contributed by atoms with Crippen molar-refractivity contribution in [1.82, 2.24) is 0 Å². The Hall–Kier alpha value is -0.0400. The highest BCUT2D eigenvalue weighted by Gasteiger charge is 2.29. The molecule has 1 saturated carbocycles. The Labute approximate surface area is 108 Å². The Morgan fingerprint density at radius 2 is 1.65 bits per heavy atom. The second kappa shape index (κ2) is 6.78. The Balaban J connectivity index is 2.30. The van der Waals surface area contributed by atoms with Gasteiger partial charge in [0.25, 0.3) is 0 Å². The van der Waals surface area contributed by atoms with Gasteiger partial charge in [-0.3, -0.25) is 0 Å². The summed E-state index contributed by atoms with van der Waals surface area (Å²) >= 11 is 0. The predicted octanol–water partition coefficient (Wildman–Crippen LogP) is 4.49. The van der Waals surface area contributed by atoms with Crippen LogP contribution in [0.5, 0.6) is 0 Å². The Bertz CT molecular complexity index is 212. The molecule has 0 bridgehead atoms. The van der Waals surface area contributed by atoms with Crippen molar-refractivity contribution in [1.29, 1.82) is 0 Å². The zero-order chi connectivity index (χ0) is 13.0. The third-order valence-corrected chi connectivity index (χ3v) is 5.24. The van der Waals surface area contributed by atoms with Crippen LogP contribution < -0.4 is 0 Å². The van der Waals surface area contributed by atoms with Gasteiger partial charge < -0.3 is 5.11 Å². The van der Waals surface area contributed by atoms with E-state index in [1.807, 2.05) is 0 Å². The minimum absolute atomic E-state index is 0.0499. The molecule has 0 saturated heterocycles. The second-order valence-corrected chi connectivity index (χ2v) is 6.89. The summed E-state index contributed by atoms with van der Waals surface area (Å²) < 4.78 is 0. The van der Waals surface area contributed by atoms with Crippen molar-refractivity contribution in [3.63, 3.8) is 0 Å². The van der Waals surface area contributed by atoms with E-state index in [0.717, 1.165) is 30.1 Å². The largest absolute Gasteiger partial charge is 0.393 e. The fourth-order valence-corrected chi connectivity index (χ4v) is 2.94. The molecule has 1 aliphatic carbocycles. The molecule has 0 amide bonds. The average Bonchev–Trinajstić information content (AvgIpc) is 2.28. The van der Waals surface area contributed by atoms with Crippen LogP contribution in [0.4, 0.5) is 0 Å². The maximum Gasteiger partial charge on any atom is 0.0568 e. The second-order valence-electron chi connectivity index (χ2n) is 6.89. The standard InChI is InChI=1S/C16H32O/c1-11(2)12(3)7-9-16(17)15-8-6-13(4)14(5)10-15/h11-17H,6-10H2,1-5H3. The van der Waals surface area contributed by atoms with Gasteiger partial charge in [0.2, 0.25) is 0 Å². The average molecular weight is 240 g/mol. The van der Waals surface area contributed by atoms with Crippen molar-refractivity contribution in [3.05, 3.63) is 0 Å². The smallest absolute Gasteiger partial charge is 0.0568 e. The molecule has 5 atom stereocenters. The van der Waals surface area contributed by atoms with E-state index in [9.17, 15) is 5.11 Å². The molecule has 0 aliphatic heterocycles. The quantitative estimate of drug-likeness (QED) is 0.750. The van der Waals surface area contributed by atoms with Crippen LogP contribution >= 0.6 is 0 Å². The van der Waals surface area contributed by atoms with E-state index in [4.69, 9.17) is 0 Å². The topological polar surface area (TPSA) is 20.2 Å². The van der Waals surface area contributed by atoms with E-state index in [1.54, 1.807) is 0 Å². The highest BCUT2D eigenvalue weighted by atomic mass is 16.3. The fourth-order valence-electron chi connectivity index (χ4n) is 2.94. The molecule has 0 aromatic rings. The molecule has 0 aromatic carbocycles. The van der Waals surface area contributed by atoms with Crippen LogP contribution in [0, 0.1) is 29.6 Å². The minimum atomic E-state index is -0.0499. The van der Waals surface area contributed by atoms with Gasteiger partial charge in [-0.05, 0) is 55.3 Å². The number of rotatable bonds is 5. The monoisotopic (exact) mass is 240 g/mol. The van der Waals surface area contributed by atoms with Crippen LogP contribution in [0.25, 0.3) is 0 Å². The molecular formula is C16H32O. The van der Waals surface area contributed by atoms with Gasteiger partial charge in [0.05, 0.1) is 6.10 Å². The lowest BCUT2D eigenvalue weighted by Gasteiger charge is -2.35. The molecule has 1 rings (SSSR count). The van der Waals surface area contributed by atoms with E-state index in [1.165, 1.54) is 25.7 Å². The third-order valence-electron chi connectivity index (χ3n) is 5.24. The molecule has 0 spiro atoms. The van der Waals surface area contributed by atoms with Crippen LogP contribution in [0.15, 0.2) is 0 Å². The van der Waals surface area contributed by atoms with E-state index in [0.29, 0.717) is 5.92 Å². The van der Waals surface area contributed by atoms with Crippen LogP contribution in [0.3, 0.4) is 0 Å². The van der Waals surface area contributed by atoms with Crippen molar-refractivity contribution in [2.24, 2.45) is 29.6 Å². The Kier molecular flexibility index (Phi) is 5.99. The summed E-state index contributed by atoms with van der Waals surface area (Å²) in [6.45, 7) is 11.6. The SMILES string of the molecule is CC(C)C(C)CCC(O)C1CCC(C)C(C)C1. The molecular weight excluding hydrogens is 208 g/mol. The lowest BCUT2D eigenvalue weighted by atomic mass is 9.73. The van der Waals surface area contributed by atoms with E-state index in [-0.39, 0.29) is 6.10 Å². The van der Waals surface area contributed by atoms with Crippen LogP contribution in [0.1, 0.15) is 66.7 Å². The first kappa shape index (κ1) is 15.0. The first-order valence-corrected chi connectivity index (χ1v) is 7.59. The lowest BCUT2D eigenvalue weighted by Crippen LogP contribution is -2.29. The first-order chi connectivity index (χ1) is 7.91. The van der Waals surface area contributed by atoms with Crippen molar-refractivity contribution in [2.75, 3.05) is 0 Å². The molecule has 1 aliphatic rings. The van der Waals surface area contributed by atoms with Crippen LogP contribution in [-0.2, 0) is 0 Å². The van der Waals surface area contributed by atoms with E-state index < -0.39 is 0 Å². The van der Waals surface area contributed by atoms with Gasteiger partial charge in [-0.25, -0.2) is 0 Å². The molecule has 1 N–H and O–H groups in total. The zero-order valence-corrected chi connectivity index (χ0v) is 12.4. The van der Waals surface area contributed by atoms with Gasteiger partial charge in [0, 0.05) is 0 Å². The number of hydrogen-bond acceptors (Lipinski definition) is 1. The van der Waals surface area contributed by atoms with Crippen molar-refractivity contribution < 1.29 is 5.11 Å². The van der Waals surface area contributed by atoms with Gasteiger partial charge in [0.15, 0.2) is 0 Å². The maximum atomic E-state index is 10.3.